The summed E-state index contributed by atoms with van der Waals surface area (Å²) in [5.74, 6) is -2.53. The fraction of sp³-hybridized carbons (Fsp3) is 0.303. The third-order valence-corrected chi connectivity index (χ3v) is 11.3. The Kier molecular flexibility index (Phi) is 10.9. The smallest absolute Gasteiger partial charge is 0.355 e. The highest BCUT2D eigenvalue weighted by Crippen LogP contribution is 2.58. The first kappa shape index (κ1) is 35.8. The van der Waals surface area contributed by atoms with Crippen LogP contribution in [0.4, 0.5) is 5.69 Å². The van der Waals surface area contributed by atoms with Crippen LogP contribution >= 0.6 is 39.0 Å². The molecule has 0 saturated carbocycles. The number of rotatable bonds is 11. The molecule has 4 heterocycles. The van der Waals surface area contributed by atoms with Gasteiger partial charge in [0, 0.05) is 41.6 Å². The van der Waals surface area contributed by atoms with Crippen molar-refractivity contribution < 1.29 is 38.7 Å². The van der Waals surface area contributed by atoms with Gasteiger partial charge in [-0.05, 0) is 48.7 Å². The predicted molar refractivity (Wildman–Crippen MR) is 187 cm³/mol. The molecule has 1 amide bonds. The molecule has 1 N–H and O–H groups in total. The maximum Gasteiger partial charge on any atom is 0.355 e. The Labute approximate surface area is 296 Å². The van der Waals surface area contributed by atoms with E-state index in [-0.39, 0.29) is 18.0 Å². The van der Waals surface area contributed by atoms with Crippen molar-refractivity contribution >= 4 is 84.5 Å². The number of unbranched alkanes of at least 4 members (excludes halogenated alkanes) is 2. The summed E-state index contributed by atoms with van der Waals surface area (Å²) in [5, 5.41) is 22.1. The molecule has 2 aromatic carbocycles. The van der Waals surface area contributed by atoms with Crippen molar-refractivity contribution in [3.63, 3.8) is 0 Å². The number of benzene rings is 2. The molecular weight excluding hydrogens is 740 g/mol. The van der Waals surface area contributed by atoms with E-state index in [1.165, 1.54) is 59.2 Å². The van der Waals surface area contributed by atoms with E-state index >= 15 is 0 Å². The number of ether oxygens (including phenoxy) is 2. The number of nitro benzene ring substituents is 1. The number of carbonyl (C=O) groups excluding carboxylic acids is 3. The van der Waals surface area contributed by atoms with Gasteiger partial charge in [-0.1, -0.05) is 47.8 Å². The van der Waals surface area contributed by atoms with Gasteiger partial charge in [0.25, 0.3) is 11.6 Å². The Morgan fingerprint density at radius 2 is 1.94 bits per heavy atom. The molecule has 2 aliphatic rings. The molecule has 0 aliphatic carbocycles. The number of halogens is 1. The van der Waals surface area contributed by atoms with Crippen LogP contribution in [0.1, 0.15) is 57.3 Å². The van der Waals surface area contributed by atoms with Gasteiger partial charge >= 0.3 is 17.9 Å². The number of carboxylic acids is 1. The highest BCUT2D eigenvalue weighted by atomic mass is 79.9. The summed E-state index contributed by atoms with van der Waals surface area (Å²) in [5.41, 5.74) is 3.20. The number of nitro groups is 1. The van der Waals surface area contributed by atoms with E-state index in [1.54, 1.807) is 24.5 Å². The molecule has 1 fully saturated rings. The van der Waals surface area contributed by atoms with Crippen LogP contribution in [0.5, 0.6) is 0 Å². The number of alkyl halides is 1. The van der Waals surface area contributed by atoms with Gasteiger partial charge in [-0.2, -0.15) is 0 Å². The molecule has 6 rings (SSSR count). The second-order valence-corrected chi connectivity index (χ2v) is 14.3. The molecule has 0 spiro atoms. The third-order valence-electron chi connectivity index (χ3n) is 7.81. The lowest BCUT2D eigenvalue weighted by Crippen LogP contribution is -2.70. The number of amides is 1. The number of fused-ring (bicyclic) bond motifs is 4. The van der Waals surface area contributed by atoms with E-state index in [2.05, 4.69) is 27.8 Å². The second kappa shape index (κ2) is 14.9. The number of nitrogens with zero attached hydrogens (tertiary/aromatic N) is 4. The Morgan fingerprint density at radius 3 is 2.59 bits per heavy atom. The summed E-state index contributed by atoms with van der Waals surface area (Å²) in [6.07, 6.45) is 5.76. The monoisotopic (exact) mass is 770 g/mol. The summed E-state index contributed by atoms with van der Waals surface area (Å²) < 4.78 is 11.7. The van der Waals surface area contributed by atoms with Gasteiger partial charge in [-0.3, -0.25) is 29.0 Å². The van der Waals surface area contributed by atoms with Crippen molar-refractivity contribution in [1.82, 2.24) is 14.3 Å². The summed E-state index contributed by atoms with van der Waals surface area (Å²) in [7, 11) is 0. The molecule has 2 unspecified atom stereocenters. The topological polar surface area (TPSA) is 171 Å². The van der Waals surface area contributed by atoms with Gasteiger partial charge in [0.2, 0.25) is 0 Å². The normalized spacial score (nSPS) is 19.0. The lowest BCUT2D eigenvalue weighted by molar-refractivity contribution is -0.384. The number of carbonyl (C=O) groups is 4. The largest absolute Gasteiger partial charge is 0.478 e. The van der Waals surface area contributed by atoms with E-state index in [0.29, 0.717) is 16.7 Å². The van der Waals surface area contributed by atoms with Gasteiger partial charge < -0.3 is 14.6 Å². The lowest BCUT2D eigenvalue weighted by atomic mass is 9.86. The SMILES string of the molecule is CC(=O)OC(c1ccc2nc3sccn3c2c1)C1(Br)C(=O)N2C(C(=O)OCc3ccc([N+](=O)[O-])cc3)=CS[C@@H]21.CCCCC=C(C)C(=O)O. The van der Waals surface area contributed by atoms with Gasteiger partial charge in [-0.25, -0.2) is 14.6 Å². The molecule has 0 radical (unpaired) electrons. The average Bonchev–Trinajstić information content (AvgIpc) is 3.80. The fourth-order valence-electron chi connectivity index (χ4n) is 5.23. The number of non-ortho nitro benzene ring substituents is 1. The lowest BCUT2D eigenvalue weighted by Gasteiger charge is -2.51. The zero-order valence-electron chi connectivity index (χ0n) is 26.5. The van der Waals surface area contributed by atoms with Crippen LogP contribution in [-0.4, -0.2) is 57.8 Å². The predicted octanol–water partition coefficient (Wildman–Crippen LogP) is 6.90. The summed E-state index contributed by atoms with van der Waals surface area (Å²) in [6.45, 7) is 4.87. The van der Waals surface area contributed by atoms with Gasteiger partial charge in [-0.15, -0.1) is 23.1 Å². The van der Waals surface area contributed by atoms with Crippen molar-refractivity contribution in [2.45, 2.75) is 62.4 Å². The fourth-order valence-corrected chi connectivity index (χ4v) is 8.25. The van der Waals surface area contributed by atoms with E-state index in [0.717, 1.165) is 35.3 Å². The zero-order valence-corrected chi connectivity index (χ0v) is 29.7. The highest BCUT2D eigenvalue weighted by molar-refractivity contribution is 9.10. The molecule has 16 heteroatoms. The van der Waals surface area contributed by atoms with Crippen LogP contribution in [0, 0.1) is 10.1 Å². The Balaban J connectivity index is 0.000000409. The van der Waals surface area contributed by atoms with Crippen molar-refractivity contribution in [3.8, 4) is 0 Å². The van der Waals surface area contributed by atoms with Crippen molar-refractivity contribution in [2.24, 2.45) is 0 Å². The summed E-state index contributed by atoms with van der Waals surface area (Å²) in [6, 6.07) is 11.1. The minimum atomic E-state index is -1.33. The average molecular weight is 772 g/mol. The first-order valence-electron chi connectivity index (χ1n) is 15.1. The van der Waals surface area contributed by atoms with Gasteiger partial charge in [0.15, 0.2) is 15.4 Å². The van der Waals surface area contributed by atoms with Crippen molar-refractivity contribution in [3.05, 3.63) is 98.0 Å². The number of esters is 2. The minimum Gasteiger partial charge on any atom is -0.478 e. The number of hydrogen-bond acceptors (Lipinski definition) is 11. The number of imidazole rings is 1. The summed E-state index contributed by atoms with van der Waals surface area (Å²) >= 11 is 6.32. The van der Waals surface area contributed by atoms with Crippen molar-refractivity contribution in [1.29, 1.82) is 0 Å². The number of thiazole rings is 1. The van der Waals surface area contributed by atoms with Crippen LogP contribution in [0.15, 0.2) is 76.8 Å². The number of carboxylic acid groups (broad SMARTS) is 1. The first-order valence-corrected chi connectivity index (χ1v) is 17.7. The first-order chi connectivity index (χ1) is 23.4. The second-order valence-electron chi connectivity index (χ2n) is 11.2. The molecule has 2 aliphatic heterocycles. The van der Waals surface area contributed by atoms with Crippen LogP contribution in [-0.2, 0) is 35.3 Å². The Morgan fingerprint density at radius 1 is 1.20 bits per heavy atom. The molecule has 0 bridgehead atoms. The van der Waals surface area contributed by atoms with Crippen LogP contribution in [0.3, 0.4) is 0 Å². The van der Waals surface area contributed by atoms with E-state index in [4.69, 9.17) is 14.6 Å². The number of allylic oxidation sites excluding steroid dienone is 1. The maximum absolute atomic E-state index is 13.6. The minimum absolute atomic E-state index is 0.0692. The van der Waals surface area contributed by atoms with Crippen molar-refractivity contribution in [2.75, 3.05) is 0 Å². The quantitative estimate of drug-likeness (QED) is 0.0320. The van der Waals surface area contributed by atoms with E-state index in [1.807, 2.05) is 28.1 Å². The van der Waals surface area contributed by atoms with E-state index < -0.39 is 44.5 Å². The number of β-lactam (4-membered cyclic amide) rings is 1. The summed E-state index contributed by atoms with van der Waals surface area (Å²) in [4.78, 5) is 65.8. The molecule has 1 saturated heterocycles. The van der Waals surface area contributed by atoms with Crippen LogP contribution in [0.2, 0.25) is 0 Å². The molecule has 2 aromatic heterocycles. The Bertz CT molecular complexity index is 2010. The molecule has 13 nitrogen and oxygen atoms in total. The number of aliphatic carboxylic acids is 1. The molecule has 4 aromatic rings. The standard InChI is InChI=1S/C25H17BrN4O7S2.C8H14O2/c1-13(31)37-20(15-4-7-17-18(10-15)28-8-9-38-24(28)27-17)25(26)22(33)29-19(12-39-23(25)29)21(32)36-11-14-2-5-16(6-3-14)30(34)35;1-3-4-5-6-7(2)8(9)10/h2-10,12,20,23H,11H2,1H3;6H,3-5H2,1-2H3,(H,9,10)/t20?,23-,25?;/m1./s1. The van der Waals surface area contributed by atoms with Crippen LogP contribution in [0.25, 0.3) is 16.0 Å². The number of hydrogen-bond donors (Lipinski definition) is 1. The zero-order chi connectivity index (χ0) is 35.5. The molecule has 256 valence electrons. The third kappa shape index (κ3) is 7.26. The highest BCUT2D eigenvalue weighted by Gasteiger charge is 2.69. The molecule has 49 heavy (non-hydrogen) atoms. The Hall–Kier alpha value is -4.54. The maximum atomic E-state index is 13.6. The van der Waals surface area contributed by atoms with Gasteiger partial charge in [0.05, 0.1) is 16.0 Å². The van der Waals surface area contributed by atoms with Crippen LogP contribution < -0.4 is 0 Å². The molecule has 3 atom stereocenters. The van der Waals surface area contributed by atoms with Gasteiger partial charge in [0.1, 0.15) is 17.7 Å². The van der Waals surface area contributed by atoms with E-state index in [9.17, 15) is 29.3 Å². The molecular formula is C33H31BrN4O9S2. The number of thioether (sulfide) groups is 1. The number of aromatic nitrogens is 2.